The first-order valence-corrected chi connectivity index (χ1v) is 6.37. The third-order valence-electron chi connectivity index (χ3n) is 3.83. The average Bonchev–Trinajstić information content (AvgIpc) is 2.81. The lowest BCUT2D eigenvalue weighted by Gasteiger charge is -2.28. The van der Waals surface area contributed by atoms with Gasteiger partial charge in [-0.3, -0.25) is 9.89 Å². The van der Waals surface area contributed by atoms with Crippen molar-refractivity contribution in [2.45, 2.75) is 32.1 Å². The summed E-state index contributed by atoms with van der Waals surface area (Å²) in [5.41, 5.74) is 2.07. The summed E-state index contributed by atoms with van der Waals surface area (Å²) < 4.78 is 13.9. The van der Waals surface area contributed by atoms with Gasteiger partial charge in [-0.15, -0.1) is 0 Å². The van der Waals surface area contributed by atoms with Gasteiger partial charge in [0.2, 0.25) is 0 Å². The number of halogens is 1. The molecule has 1 heterocycles. The molecule has 0 saturated heterocycles. The van der Waals surface area contributed by atoms with Crippen molar-refractivity contribution in [1.82, 2.24) is 10.2 Å². The monoisotopic (exact) mass is 258 g/mol. The Hall–Kier alpha value is -1.97. The number of hydrogen-bond acceptors (Lipinski definition) is 2. The van der Waals surface area contributed by atoms with E-state index < -0.39 is 0 Å². The summed E-state index contributed by atoms with van der Waals surface area (Å²) in [7, 11) is 0. The van der Waals surface area contributed by atoms with Gasteiger partial charge in [-0.1, -0.05) is 26.0 Å². The van der Waals surface area contributed by atoms with E-state index in [0.29, 0.717) is 23.2 Å². The summed E-state index contributed by atoms with van der Waals surface area (Å²) in [6.45, 7) is 4.14. The van der Waals surface area contributed by atoms with Gasteiger partial charge in [-0.25, -0.2) is 4.39 Å². The van der Waals surface area contributed by atoms with Crippen LogP contribution in [0.2, 0.25) is 0 Å². The second-order valence-corrected chi connectivity index (χ2v) is 5.61. The minimum atomic E-state index is -0.354. The lowest BCUT2D eigenvalue weighted by Crippen LogP contribution is -2.27. The van der Waals surface area contributed by atoms with E-state index in [4.69, 9.17) is 0 Å². The van der Waals surface area contributed by atoms with Crippen molar-refractivity contribution >= 4 is 5.78 Å². The maximum Gasteiger partial charge on any atom is 0.167 e. The number of fused-ring (bicyclic) bond motifs is 1. The fraction of sp³-hybridized carbons (Fsp3) is 0.333. The van der Waals surface area contributed by atoms with Crippen LogP contribution in [0, 0.1) is 5.82 Å². The Kier molecular flexibility index (Phi) is 2.55. The van der Waals surface area contributed by atoms with E-state index in [2.05, 4.69) is 24.0 Å². The number of benzene rings is 1. The van der Waals surface area contributed by atoms with Gasteiger partial charge in [0.1, 0.15) is 11.5 Å². The van der Waals surface area contributed by atoms with E-state index in [1.165, 1.54) is 6.07 Å². The van der Waals surface area contributed by atoms with E-state index >= 15 is 0 Å². The van der Waals surface area contributed by atoms with Crippen LogP contribution in [0.5, 0.6) is 0 Å². The highest BCUT2D eigenvalue weighted by Gasteiger charge is 2.36. The maximum atomic E-state index is 13.9. The van der Waals surface area contributed by atoms with Gasteiger partial charge in [-0.05, 0) is 18.6 Å². The highest BCUT2D eigenvalue weighted by molar-refractivity contribution is 6.04. The van der Waals surface area contributed by atoms with Crippen molar-refractivity contribution in [3.8, 4) is 11.3 Å². The van der Waals surface area contributed by atoms with E-state index in [-0.39, 0.29) is 17.0 Å². The minimum Gasteiger partial charge on any atom is -0.294 e. The summed E-state index contributed by atoms with van der Waals surface area (Å²) in [5, 5.41) is 7.12. The zero-order valence-corrected chi connectivity index (χ0v) is 11.0. The summed E-state index contributed by atoms with van der Waals surface area (Å²) in [6, 6.07) is 6.41. The number of ketones is 1. The van der Waals surface area contributed by atoms with Crippen LogP contribution < -0.4 is 0 Å². The Balaban J connectivity index is 2.24. The number of nitrogens with one attached hydrogen (secondary N) is 1. The topological polar surface area (TPSA) is 45.8 Å². The van der Waals surface area contributed by atoms with Crippen molar-refractivity contribution in [3.05, 3.63) is 41.3 Å². The molecule has 0 atom stereocenters. The van der Waals surface area contributed by atoms with Gasteiger partial charge in [0.15, 0.2) is 5.78 Å². The summed E-state index contributed by atoms with van der Waals surface area (Å²) >= 11 is 0. The fourth-order valence-corrected chi connectivity index (χ4v) is 2.63. The molecule has 1 N–H and O–H groups in total. The first-order valence-electron chi connectivity index (χ1n) is 6.37. The molecule has 2 aromatic rings. The molecule has 0 amide bonds. The molecule has 98 valence electrons. The highest BCUT2D eigenvalue weighted by Crippen LogP contribution is 2.39. The second-order valence-electron chi connectivity index (χ2n) is 5.61. The van der Waals surface area contributed by atoms with E-state index in [0.717, 1.165) is 12.1 Å². The number of hydrogen-bond donors (Lipinski definition) is 1. The number of rotatable bonds is 1. The standard InChI is InChI=1S/C15H15FN2O/c1-15(2)8-7-11(19)12-13(17-18-14(12)15)9-5-3-4-6-10(9)16/h3-6H,7-8H2,1-2H3,(H,17,18). The predicted molar refractivity (Wildman–Crippen MR) is 70.6 cm³/mol. The quantitative estimate of drug-likeness (QED) is 0.851. The Morgan fingerprint density at radius 1 is 1.32 bits per heavy atom. The molecule has 1 aromatic carbocycles. The number of aromatic amines is 1. The van der Waals surface area contributed by atoms with Crippen molar-refractivity contribution in [2.24, 2.45) is 0 Å². The predicted octanol–water partition coefficient (Wildman–Crippen LogP) is 3.47. The van der Waals surface area contributed by atoms with Crippen LogP contribution in [-0.2, 0) is 5.41 Å². The molecule has 0 saturated carbocycles. The van der Waals surface area contributed by atoms with Gasteiger partial charge < -0.3 is 0 Å². The lowest BCUT2D eigenvalue weighted by atomic mass is 9.75. The smallest absolute Gasteiger partial charge is 0.167 e. The normalized spacial score (nSPS) is 17.3. The van der Waals surface area contributed by atoms with Gasteiger partial charge in [0.05, 0.1) is 11.3 Å². The van der Waals surface area contributed by atoms with Crippen molar-refractivity contribution in [1.29, 1.82) is 0 Å². The molecular weight excluding hydrogens is 243 g/mol. The first-order chi connectivity index (χ1) is 9.00. The first kappa shape index (κ1) is 12.1. The number of aromatic nitrogens is 2. The van der Waals surface area contributed by atoms with Gasteiger partial charge in [-0.2, -0.15) is 5.10 Å². The van der Waals surface area contributed by atoms with E-state index in [1.807, 2.05) is 0 Å². The molecule has 0 bridgehead atoms. The maximum absolute atomic E-state index is 13.9. The number of Topliss-reactive ketones (excluding diaryl/α,β-unsaturated/α-hetero) is 1. The van der Waals surface area contributed by atoms with Crippen LogP contribution in [0.25, 0.3) is 11.3 Å². The summed E-state index contributed by atoms with van der Waals surface area (Å²) in [5.74, 6) is -0.311. The number of H-pyrrole nitrogens is 1. The Morgan fingerprint density at radius 2 is 2.05 bits per heavy atom. The van der Waals surface area contributed by atoms with E-state index in [9.17, 15) is 9.18 Å². The number of carbonyl (C=O) groups excluding carboxylic acids is 1. The zero-order valence-electron chi connectivity index (χ0n) is 11.0. The molecule has 0 radical (unpaired) electrons. The minimum absolute atomic E-state index is 0.0429. The van der Waals surface area contributed by atoms with Crippen molar-refractivity contribution < 1.29 is 9.18 Å². The SMILES string of the molecule is CC1(C)CCC(=O)c2c(-c3ccccc3F)n[nH]c21. The molecule has 3 rings (SSSR count). The van der Waals surface area contributed by atoms with Crippen molar-refractivity contribution in [2.75, 3.05) is 0 Å². The Labute approximate surface area is 110 Å². The molecule has 0 fully saturated rings. The second kappa shape index (κ2) is 4.02. The molecule has 4 heteroatoms. The Morgan fingerprint density at radius 3 is 2.79 bits per heavy atom. The molecule has 0 aliphatic heterocycles. The third kappa shape index (κ3) is 1.79. The summed E-state index contributed by atoms with van der Waals surface area (Å²) in [4.78, 5) is 12.2. The number of carbonyl (C=O) groups is 1. The lowest BCUT2D eigenvalue weighted by molar-refractivity contribution is 0.0957. The Bertz CT molecular complexity index is 658. The van der Waals surface area contributed by atoms with Gasteiger partial charge >= 0.3 is 0 Å². The van der Waals surface area contributed by atoms with Gasteiger partial charge in [0, 0.05) is 17.4 Å². The van der Waals surface area contributed by atoms with Crippen LogP contribution in [0.15, 0.2) is 24.3 Å². The van der Waals surface area contributed by atoms with Crippen LogP contribution in [0.4, 0.5) is 4.39 Å². The largest absolute Gasteiger partial charge is 0.294 e. The molecule has 1 aromatic heterocycles. The molecule has 0 unspecified atom stereocenters. The average molecular weight is 258 g/mol. The molecular formula is C15H15FN2O. The van der Waals surface area contributed by atoms with E-state index in [1.54, 1.807) is 18.2 Å². The van der Waals surface area contributed by atoms with Crippen LogP contribution in [0.1, 0.15) is 42.7 Å². The summed E-state index contributed by atoms with van der Waals surface area (Å²) in [6.07, 6.45) is 1.28. The zero-order chi connectivity index (χ0) is 13.6. The molecule has 3 nitrogen and oxygen atoms in total. The van der Waals surface area contributed by atoms with Crippen molar-refractivity contribution in [3.63, 3.8) is 0 Å². The molecule has 1 aliphatic rings. The molecule has 0 spiro atoms. The van der Waals surface area contributed by atoms with Crippen LogP contribution in [0.3, 0.4) is 0 Å². The number of nitrogens with zero attached hydrogens (tertiary/aromatic N) is 1. The highest BCUT2D eigenvalue weighted by atomic mass is 19.1. The third-order valence-corrected chi connectivity index (χ3v) is 3.83. The molecule has 1 aliphatic carbocycles. The van der Waals surface area contributed by atoms with Crippen LogP contribution >= 0.6 is 0 Å². The molecule has 19 heavy (non-hydrogen) atoms. The van der Waals surface area contributed by atoms with Crippen LogP contribution in [-0.4, -0.2) is 16.0 Å². The fourth-order valence-electron chi connectivity index (χ4n) is 2.63. The van der Waals surface area contributed by atoms with Gasteiger partial charge in [0.25, 0.3) is 0 Å².